The molecule has 1 amide bonds. The Labute approximate surface area is 136 Å². The first-order valence-corrected chi connectivity index (χ1v) is 8.07. The second-order valence-electron chi connectivity index (χ2n) is 6.57. The fraction of sp³-hybridized carbons (Fsp3) is 0.444. The molecule has 1 aromatic carbocycles. The summed E-state index contributed by atoms with van der Waals surface area (Å²) in [5.74, 6) is 0.988. The first kappa shape index (κ1) is 15.7. The van der Waals surface area contributed by atoms with E-state index in [1.807, 2.05) is 43.4 Å². The predicted octanol–water partition coefficient (Wildman–Crippen LogP) is 2.92. The van der Waals surface area contributed by atoms with Crippen molar-refractivity contribution < 1.29 is 9.90 Å². The molecule has 1 aromatic heterocycles. The second-order valence-corrected chi connectivity index (χ2v) is 6.57. The number of carbonyl (C=O) groups is 1. The number of aliphatic hydroxyl groups is 1. The molecule has 1 unspecified atom stereocenters. The van der Waals surface area contributed by atoms with Crippen LogP contribution in [0.25, 0.3) is 0 Å². The van der Waals surface area contributed by atoms with E-state index >= 15 is 0 Å². The Balaban J connectivity index is 1.66. The highest BCUT2D eigenvalue weighted by Crippen LogP contribution is 2.36. The number of anilines is 1. The molecule has 1 atom stereocenters. The number of hydrogen-bond acceptors (Lipinski definition) is 3. The maximum Gasteiger partial charge on any atom is 0.228 e. The number of aryl methyl sites for hydroxylation is 1. The normalized spacial score (nSPS) is 17.3. The van der Waals surface area contributed by atoms with E-state index in [4.69, 9.17) is 0 Å². The predicted molar refractivity (Wildman–Crippen MR) is 89.1 cm³/mol. The molecule has 2 aromatic rings. The number of hydrogen-bond donors (Lipinski definition) is 2. The monoisotopic (exact) mass is 313 g/mol. The Bertz CT molecular complexity index is 688. The minimum absolute atomic E-state index is 0.000948. The van der Waals surface area contributed by atoms with Crippen molar-refractivity contribution in [2.75, 3.05) is 5.32 Å². The molecule has 0 spiro atoms. The highest BCUT2D eigenvalue weighted by atomic mass is 16.3. The largest absolute Gasteiger partial charge is 0.385 e. The third-order valence-corrected chi connectivity index (χ3v) is 4.59. The lowest BCUT2D eigenvalue weighted by molar-refractivity contribution is -0.120. The highest BCUT2D eigenvalue weighted by molar-refractivity contribution is 5.90. The van der Waals surface area contributed by atoms with Crippen LogP contribution in [-0.4, -0.2) is 20.8 Å². The molecule has 0 radical (unpaired) electrons. The first-order chi connectivity index (χ1) is 11.0. The van der Waals surface area contributed by atoms with E-state index in [-0.39, 0.29) is 12.3 Å². The van der Waals surface area contributed by atoms with Crippen molar-refractivity contribution in [1.82, 2.24) is 9.78 Å². The Morgan fingerprint density at radius 3 is 2.70 bits per heavy atom. The molecule has 0 saturated heterocycles. The number of benzene rings is 1. The second kappa shape index (κ2) is 6.16. The van der Waals surface area contributed by atoms with Gasteiger partial charge in [-0.05, 0) is 25.3 Å². The molecule has 2 N–H and O–H groups in total. The van der Waals surface area contributed by atoms with E-state index in [0.717, 1.165) is 11.3 Å². The van der Waals surface area contributed by atoms with Crippen LogP contribution in [0.5, 0.6) is 0 Å². The summed E-state index contributed by atoms with van der Waals surface area (Å²) in [4.78, 5) is 12.3. The molecule has 122 valence electrons. The summed E-state index contributed by atoms with van der Waals surface area (Å²) in [5, 5.41) is 17.9. The molecule has 1 saturated carbocycles. The summed E-state index contributed by atoms with van der Waals surface area (Å²) in [5.41, 5.74) is 0.583. The summed E-state index contributed by atoms with van der Waals surface area (Å²) in [6.07, 6.45) is 3.60. The van der Waals surface area contributed by atoms with Gasteiger partial charge in [0.05, 0.1) is 17.7 Å². The van der Waals surface area contributed by atoms with Crippen LogP contribution in [0.1, 0.15) is 49.8 Å². The molecule has 0 bridgehead atoms. The van der Waals surface area contributed by atoms with E-state index in [1.165, 1.54) is 19.3 Å². The molecular weight excluding hydrogens is 290 g/mol. The van der Waals surface area contributed by atoms with E-state index in [0.29, 0.717) is 11.7 Å². The van der Waals surface area contributed by atoms with Crippen LogP contribution in [0.4, 0.5) is 5.82 Å². The van der Waals surface area contributed by atoms with Crippen molar-refractivity contribution in [2.24, 2.45) is 7.05 Å². The maximum atomic E-state index is 12.3. The summed E-state index contributed by atoms with van der Waals surface area (Å²) in [7, 11) is 1.83. The van der Waals surface area contributed by atoms with Crippen molar-refractivity contribution in [3.05, 3.63) is 47.7 Å². The van der Waals surface area contributed by atoms with Gasteiger partial charge in [-0.25, -0.2) is 0 Å². The molecular formula is C18H23N3O2. The molecule has 1 heterocycles. The fourth-order valence-corrected chi connectivity index (χ4v) is 2.91. The Hall–Kier alpha value is -2.14. The van der Waals surface area contributed by atoms with Crippen LogP contribution in [0.2, 0.25) is 0 Å². The van der Waals surface area contributed by atoms with E-state index in [1.54, 1.807) is 11.6 Å². The van der Waals surface area contributed by atoms with Gasteiger partial charge in [0.2, 0.25) is 5.91 Å². The van der Waals surface area contributed by atoms with Crippen molar-refractivity contribution in [3.63, 3.8) is 0 Å². The van der Waals surface area contributed by atoms with Crippen LogP contribution in [0.15, 0.2) is 36.4 Å². The Kier molecular flexibility index (Phi) is 4.22. The van der Waals surface area contributed by atoms with Crippen molar-refractivity contribution in [3.8, 4) is 0 Å². The zero-order chi connectivity index (χ0) is 16.4. The quantitative estimate of drug-likeness (QED) is 0.892. The molecule has 1 aliphatic rings. The number of amides is 1. The van der Waals surface area contributed by atoms with Gasteiger partial charge in [0.25, 0.3) is 0 Å². The van der Waals surface area contributed by atoms with Gasteiger partial charge in [-0.3, -0.25) is 9.48 Å². The molecule has 5 nitrogen and oxygen atoms in total. The van der Waals surface area contributed by atoms with Crippen LogP contribution >= 0.6 is 0 Å². The van der Waals surface area contributed by atoms with Crippen LogP contribution in [0.3, 0.4) is 0 Å². The third-order valence-electron chi connectivity index (χ3n) is 4.59. The smallest absolute Gasteiger partial charge is 0.228 e. The van der Waals surface area contributed by atoms with Crippen molar-refractivity contribution in [1.29, 1.82) is 0 Å². The van der Waals surface area contributed by atoms with Gasteiger partial charge in [0, 0.05) is 19.0 Å². The van der Waals surface area contributed by atoms with Crippen molar-refractivity contribution in [2.45, 2.75) is 44.1 Å². The molecule has 3 rings (SSSR count). The topological polar surface area (TPSA) is 67.2 Å². The fourth-order valence-electron chi connectivity index (χ4n) is 2.91. The summed E-state index contributed by atoms with van der Waals surface area (Å²) < 4.78 is 1.70. The number of nitrogens with one attached hydrogen (secondary N) is 1. The lowest BCUT2D eigenvalue weighted by atomic mass is 9.83. The van der Waals surface area contributed by atoms with Crippen molar-refractivity contribution >= 4 is 11.7 Å². The number of carbonyl (C=O) groups excluding carboxylic acids is 1. The van der Waals surface area contributed by atoms with E-state index < -0.39 is 5.60 Å². The minimum atomic E-state index is -1.19. The van der Waals surface area contributed by atoms with Crippen LogP contribution in [-0.2, 0) is 17.4 Å². The van der Waals surface area contributed by atoms with Gasteiger partial charge in [-0.1, -0.05) is 36.8 Å². The Morgan fingerprint density at radius 2 is 2.09 bits per heavy atom. The molecule has 5 heteroatoms. The lowest BCUT2D eigenvalue weighted by Crippen LogP contribution is -2.28. The van der Waals surface area contributed by atoms with Crippen LogP contribution in [0, 0.1) is 0 Å². The SMILES string of the molecule is Cn1nc(C2CCC2)cc1NC(=O)CC(C)(O)c1ccccc1. The standard InChI is InChI=1S/C18H23N3O2/c1-18(23,14-9-4-3-5-10-14)12-17(22)19-16-11-15(20-21(16)2)13-7-6-8-13/h3-5,9-11,13,23H,6-8,12H2,1-2H3,(H,19,22). The molecule has 1 aliphatic carbocycles. The van der Waals surface area contributed by atoms with E-state index in [9.17, 15) is 9.90 Å². The summed E-state index contributed by atoms with van der Waals surface area (Å²) >= 11 is 0. The van der Waals surface area contributed by atoms with E-state index in [2.05, 4.69) is 10.4 Å². The van der Waals surface area contributed by atoms with Crippen LogP contribution < -0.4 is 5.32 Å². The first-order valence-electron chi connectivity index (χ1n) is 8.07. The molecule has 23 heavy (non-hydrogen) atoms. The van der Waals surface area contributed by atoms with Gasteiger partial charge in [-0.15, -0.1) is 0 Å². The van der Waals surface area contributed by atoms with Gasteiger partial charge in [-0.2, -0.15) is 5.10 Å². The average molecular weight is 313 g/mol. The molecule has 0 aliphatic heterocycles. The minimum Gasteiger partial charge on any atom is -0.385 e. The zero-order valence-corrected chi connectivity index (χ0v) is 13.6. The zero-order valence-electron chi connectivity index (χ0n) is 13.6. The lowest BCUT2D eigenvalue weighted by Gasteiger charge is -2.23. The molecule has 1 fully saturated rings. The summed E-state index contributed by atoms with van der Waals surface area (Å²) in [6, 6.07) is 11.2. The maximum absolute atomic E-state index is 12.3. The number of nitrogens with zero attached hydrogens (tertiary/aromatic N) is 2. The Morgan fingerprint density at radius 1 is 1.39 bits per heavy atom. The van der Waals surface area contributed by atoms with Gasteiger partial charge < -0.3 is 10.4 Å². The number of aromatic nitrogens is 2. The third kappa shape index (κ3) is 3.45. The average Bonchev–Trinajstić information content (AvgIpc) is 2.78. The number of rotatable bonds is 5. The van der Waals surface area contributed by atoms with Gasteiger partial charge >= 0.3 is 0 Å². The highest BCUT2D eigenvalue weighted by Gasteiger charge is 2.27. The van der Waals surface area contributed by atoms with Gasteiger partial charge in [0.1, 0.15) is 5.82 Å². The van der Waals surface area contributed by atoms with Gasteiger partial charge in [0.15, 0.2) is 0 Å². The summed E-state index contributed by atoms with van der Waals surface area (Å²) in [6.45, 7) is 1.66.